The summed E-state index contributed by atoms with van der Waals surface area (Å²) < 4.78 is 64.3. The van der Waals surface area contributed by atoms with E-state index in [0.29, 0.717) is 0 Å². The van der Waals surface area contributed by atoms with Gasteiger partial charge in [-0.05, 0) is 25.1 Å². The first-order chi connectivity index (χ1) is 15.5. The summed E-state index contributed by atoms with van der Waals surface area (Å²) in [7, 11) is -4.24. The molecule has 33 heavy (non-hydrogen) atoms. The molecule has 0 spiro atoms. The molecule has 2 fully saturated rings. The lowest BCUT2D eigenvalue weighted by atomic mass is 9.98. The number of benzene rings is 1. The minimum atomic E-state index is -4.24. The standard InChI is InChI=1S/C19H20ClF2N2O8P/c1-19(22)16(26)14(31-17(19)24-6-4-15(25)23-18(24)27)9-30-33(28)29-7-5-13(32-33)11-8-10(20)2-3-12(11)21/h2-4,6,8,13-14,16-17,26H,5,7,9H2,1H3,(H,23,25,27)/t13-,14+,16+,17+,19+,33-/m0/s1. The molecular formula is C19H20ClF2N2O8P. The third kappa shape index (κ3) is 4.83. The molecule has 180 valence electrons. The summed E-state index contributed by atoms with van der Waals surface area (Å²) in [6.45, 7) is 0.295. The number of aliphatic hydroxyl groups is 1. The molecule has 2 aliphatic heterocycles. The van der Waals surface area contributed by atoms with E-state index in [4.69, 9.17) is 29.9 Å². The van der Waals surface area contributed by atoms with Crippen LogP contribution in [0.4, 0.5) is 8.78 Å². The molecule has 0 unspecified atom stereocenters. The number of nitrogens with zero attached hydrogens (tertiary/aromatic N) is 1. The van der Waals surface area contributed by atoms with Gasteiger partial charge < -0.3 is 9.84 Å². The first-order valence-corrected chi connectivity index (χ1v) is 11.7. The summed E-state index contributed by atoms with van der Waals surface area (Å²) in [6.07, 6.45) is -4.54. The van der Waals surface area contributed by atoms with Crippen molar-refractivity contribution in [3.63, 3.8) is 0 Å². The number of phosphoric acid groups is 1. The lowest BCUT2D eigenvalue weighted by Gasteiger charge is -2.30. The van der Waals surface area contributed by atoms with E-state index in [1.165, 1.54) is 12.1 Å². The summed E-state index contributed by atoms with van der Waals surface area (Å²) in [5.74, 6) is -0.616. The maximum Gasteiger partial charge on any atom is 0.475 e. The van der Waals surface area contributed by atoms with E-state index >= 15 is 4.39 Å². The molecule has 0 radical (unpaired) electrons. The van der Waals surface area contributed by atoms with E-state index in [9.17, 15) is 23.7 Å². The Hall–Kier alpha value is -1.92. The van der Waals surface area contributed by atoms with Gasteiger partial charge in [-0.2, -0.15) is 0 Å². The molecule has 1 aromatic heterocycles. The molecule has 0 aliphatic carbocycles. The van der Waals surface area contributed by atoms with Crippen molar-refractivity contribution in [3.05, 3.63) is 67.7 Å². The van der Waals surface area contributed by atoms with E-state index in [1.807, 2.05) is 4.98 Å². The van der Waals surface area contributed by atoms with Crippen molar-refractivity contribution in [2.75, 3.05) is 13.2 Å². The van der Waals surface area contributed by atoms with Crippen LogP contribution in [0.15, 0.2) is 40.1 Å². The summed E-state index contributed by atoms with van der Waals surface area (Å²) in [5, 5.41) is 10.7. The van der Waals surface area contributed by atoms with E-state index in [2.05, 4.69) is 0 Å². The number of ether oxygens (including phenoxy) is 1. The minimum Gasteiger partial charge on any atom is -0.387 e. The molecule has 2 aliphatic rings. The summed E-state index contributed by atoms with van der Waals surface area (Å²) in [4.78, 5) is 25.3. The second-order valence-electron chi connectivity index (χ2n) is 7.77. The molecule has 2 aromatic rings. The van der Waals surface area contributed by atoms with Crippen LogP contribution in [0, 0.1) is 5.82 Å². The molecule has 0 bridgehead atoms. The van der Waals surface area contributed by atoms with Crippen LogP contribution in [-0.4, -0.2) is 45.7 Å². The van der Waals surface area contributed by atoms with Gasteiger partial charge in [-0.25, -0.2) is 18.1 Å². The zero-order valence-electron chi connectivity index (χ0n) is 17.2. The van der Waals surface area contributed by atoms with E-state index in [-0.39, 0.29) is 23.6 Å². The third-order valence-corrected chi connectivity index (χ3v) is 7.12. The lowest BCUT2D eigenvalue weighted by molar-refractivity contribution is -0.0655. The van der Waals surface area contributed by atoms with Crippen molar-refractivity contribution in [1.29, 1.82) is 0 Å². The first-order valence-electron chi connectivity index (χ1n) is 9.86. The predicted octanol–water partition coefficient (Wildman–Crippen LogP) is 2.62. The van der Waals surface area contributed by atoms with Gasteiger partial charge in [-0.3, -0.25) is 27.9 Å². The van der Waals surface area contributed by atoms with Gasteiger partial charge in [0.25, 0.3) is 5.56 Å². The van der Waals surface area contributed by atoms with Gasteiger partial charge in [-0.15, -0.1) is 0 Å². The van der Waals surface area contributed by atoms with Crippen molar-refractivity contribution in [1.82, 2.24) is 9.55 Å². The second-order valence-corrected chi connectivity index (χ2v) is 9.82. The highest BCUT2D eigenvalue weighted by Gasteiger charge is 2.56. The van der Waals surface area contributed by atoms with Crippen LogP contribution in [-0.2, 0) is 22.9 Å². The highest BCUT2D eigenvalue weighted by atomic mass is 35.5. The maximum absolute atomic E-state index is 15.2. The quantitative estimate of drug-likeness (QED) is 0.590. The Morgan fingerprint density at radius 2 is 2.15 bits per heavy atom. The number of aliphatic hydroxyl groups excluding tert-OH is 1. The smallest absolute Gasteiger partial charge is 0.387 e. The van der Waals surface area contributed by atoms with E-state index in [0.717, 1.165) is 29.8 Å². The molecule has 10 nitrogen and oxygen atoms in total. The van der Waals surface area contributed by atoms with Crippen LogP contribution < -0.4 is 11.2 Å². The van der Waals surface area contributed by atoms with Crippen LogP contribution in [0.2, 0.25) is 5.02 Å². The van der Waals surface area contributed by atoms with Crippen LogP contribution >= 0.6 is 19.4 Å². The molecule has 4 rings (SSSR count). The fourth-order valence-corrected chi connectivity index (χ4v) is 5.25. The lowest BCUT2D eigenvalue weighted by Crippen LogP contribution is -2.43. The number of rotatable bonds is 5. The Morgan fingerprint density at radius 1 is 1.39 bits per heavy atom. The number of alkyl halides is 1. The molecule has 2 saturated heterocycles. The number of hydrogen-bond acceptors (Lipinski definition) is 8. The Labute approximate surface area is 190 Å². The van der Waals surface area contributed by atoms with Gasteiger partial charge in [0.2, 0.25) is 0 Å². The normalized spacial score (nSPS) is 34.5. The van der Waals surface area contributed by atoms with Gasteiger partial charge in [0.1, 0.15) is 18.0 Å². The average molecular weight is 509 g/mol. The van der Waals surface area contributed by atoms with Gasteiger partial charge in [0.05, 0.1) is 19.3 Å². The molecule has 1 aromatic carbocycles. The van der Waals surface area contributed by atoms with Crippen molar-refractivity contribution < 1.29 is 36.8 Å². The monoisotopic (exact) mass is 508 g/mol. The zero-order chi connectivity index (χ0) is 24.0. The maximum atomic E-state index is 15.2. The van der Waals surface area contributed by atoms with Crippen LogP contribution in [0.25, 0.3) is 0 Å². The topological polar surface area (TPSA) is 129 Å². The second kappa shape index (κ2) is 9.03. The summed E-state index contributed by atoms with van der Waals surface area (Å²) >= 11 is 5.90. The molecule has 0 amide bonds. The molecule has 14 heteroatoms. The molecular weight excluding hydrogens is 489 g/mol. The SMILES string of the molecule is C[C@@]1(F)[C@H](O)[C@@H](CO[P@]2(=O)OCC[C@@H](c3cc(Cl)ccc3F)O2)O[C@H]1n1ccc(=O)[nH]c1=O. The minimum absolute atomic E-state index is 0.0700. The largest absolute Gasteiger partial charge is 0.475 e. The highest BCUT2D eigenvalue weighted by molar-refractivity contribution is 7.48. The van der Waals surface area contributed by atoms with Gasteiger partial charge in [0, 0.05) is 29.3 Å². The van der Waals surface area contributed by atoms with Crippen molar-refractivity contribution >= 4 is 19.4 Å². The molecule has 6 atom stereocenters. The first kappa shape index (κ1) is 24.2. The molecule has 3 heterocycles. The molecule has 2 N–H and O–H groups in total. The van der Waals surface area contributed by atoms with Crippen molar-refractivity contribution in [2.24, 2.45) is 0 Å². The van der Waals surface area contributed by atoms with E-state index < -0.39 is 61.7 Å². The van der Waals surface area contributed by atoms with Crippen molar-refractivity contribution in [2.45, 2.75) is 43.6 Å². The fraction of sp³-hybridized carbons (Fsp3) is 0.474. The zero-order valence-corrected chi connectivity index (χ0v) is 18.8. The number of phosphoric ester groups is 1. The number of halogens is 3. The fourth-order valence-electron chi connectivity index (χ4n) is 3.68. The Morgan fingerprint density at radius 3 is 2.88 bits per heavy atom. The van der Waals surface area contributed by atoms with Gasteiger partial charge >= 0.3 is 13.5 Å². The highest BCUT2D eigenvalue weighted by Crippen LogP contribution is 2.57. The Balaban J connectivity index is 1.48. The Bertz CT molecular complexity index is 1200. The number of H-pyrrole nitrogens is 1. The number of nitrogens with one attached hydrogen (secondary N) is 1. The Kier molecular flexibility index (Phi) is 6.62. The summed E-state index contributed by atoms with van der Waals surface area (Å²) in [5.41, 5.74) is -4.03. The number of hydrogen-bond donors (Lipinski definition) is 2. The third-order valence-electron chi connectivity index (χ3n) is 5.41. The average Bonchev–Trinajstić information content (AvgIpc) is 2.97. The van der Waals surface area contributed by atoms with Crippen LogP contribution in [0.3, 0.4) is 0 Å². The van der Waals surface area contributed by atoms with Gasteiger partial charge in [0.15, 0.2) is 11.9 Å². The molecule has 0 saturated carbocycles. The van der Waals surface area contributed by atoms with Crippen LogP contribution in [0.1, 0.15) is 31.2 Å². The number of aromatic amines is 1. The summed E-state index contributed by atoms with van der Waals surface area (Å²) in [6, 6.07) is 4.83. The van der Waals surface area contributed by atoms with Crippen LogP contribution in [0.5, 0.6) is 0 Å². The number of aromatic nitrogens is 2. The van der Waals surface area contributed by atoms with E-state index in [1.54, 1.807) is 0 Å². The predicted molar refractivity (Wildman–Crippen MR) is 110 cm³/mol. The van der Waals surface area contributed by atoms with Gasteiger partial charge in [-0.1, -0.05) is 11.6 Å². The van der Waals surface area contributed by atoms with Crippen molar-refractivity contribution in [3.8, 4) is 0 Å².